The number of halogens is 2. The molecule has 0 N–H and O–H groups in total. The Morgan fingerprint density at radius 3 is 2.71 bits per heavy atom. The summed E-state index contributed by atoms with van der Waals surface area (Å²) < 4.78 is 41.4. The van der Waals surface area contributed by atoms with Crippen molar-refractivity contribution >= 4 is 26.0 Å². The minimum Gasteiger partial charge on any atom is -0.299 e. The van der Waals surface area contributed by atoms with Gasteiger partial charge in [-0.25, -0.2) is 12.8 Å². The van der Waals surface area contributed by atoms with Crippen LogP contribution in [0.1, 0.15) is 19.3 Å². The Kier molecular flexibility index (Phi) is 4.36. The predicted octanol–water partition coefficient (Wildman–Crippen LogP) is 2.45. The second kappa shape index (κ2) is 5.95. The minimum absolute atomic E-state index is 0.225. The average Bonchev–Trinajstić information content (AvgIpc) is 2.75. The van der Waals surface area contributed by atoms with Crippen molar-refractivity contribution in [3.63, 3.8) is 0 Å². The molecule has 2 aliphatic heterocycles. The van der Waals surface area contributed by atoms with Gasteiger partial charge in [0.25, 0.3) is 0 Å². The molecule has 1 unspecified atom stereocenters. The highest BCUT2D eigenvalue weighted by Crippen LogP contribution is 2.27. The van der Waals surface area contributed by atoms with E-state index in [1.54, 1.807) is 6.07 Å². The van der Waals surface area contributed by atoms with Crippen LogP contribution in [-0.4, -0.2) is 49.8 Å². The standard InChI is InChI=1S/C14H18BrFN2O2S/c15-11-4-5-14(13(16)9-11)21(19,20)18-8-2-7-17-6-1-3-12(17)10-18/h4-5,9,12H,1-3,6-8,10H2. The zero-order chi connectivity index (χ0) is 15.0. The lowest BCUT2D eigenvalue weighted by Gasteiger charge is -2.25. The first-order valence-electron chi connectivity index (χ1n) is 7.18. The molecule has 0 spiro atoms. The molecule has 0 aromatic heterocycles. The number of sulfonamides is 1. The first-order chi connectivity index (χ1) is 9.98. The number of fused-ring (bicyclic) bond motifs is 1. The summed E-state index contributed by atoms with van der Waals surface area (Å²) in [5, 5.41) is 0. The Labute approximate surface area is 133 Å². The van der Waals surface area contributed by atoms with Gasteiger partial charge in [-0.2, -0.15) is 4.31 Å². The third-order valence-corrected chi connectivity index (χ3v) is 6.67. The number of rotatable bonds is 2. The van der Waals surface area contributed by atoms with Gasteiger partial charge < -0.3 is 0 Å². The quantitative estimate of drug-likeness (QED) is 0.795. The zero-order valence-electron chi connectivity index (χ0n) is 11.6. The number of hydrogen-bond acceptors (Lipinski definition) is 3. The summed E-state index contributed by atoms with van der Waals surface area (Å²) in [6, 6.07) is 4.38. The van der Waals surface area contributed by atoms with E-state index in [0.717, 1.165) is 32.4 Å². The van der Waals surface area contributed by atoms with Crippen molar-refractivity contribution in [3.05, 3.63) is 28.5 Å². The van der Waals surface area contributed by atoms with E-state index >= 15 is 0 Å². The van der Waals surface area contributed by atoms with Gasteiger partial charge in [0, 0.05) is 23.6 Å². The predicted molar refractivity (Wildman–Crippen MR) is 82.1 cm³/mol. The lowest BCUT2D eigenvalue weighted by atomic mass is 10.2. The van der Waals surface area contributed by atoms with Gasteiger partial charge in [0.05, 0.1) is 0 Å². The molecule has 1 aromatic carbocycles. The lowest BCUT2D eigenvalue weighted by Crippen LogP contribution is -2.39. The van der Waals surface area contributed by atoms with E-state index in [0.29, 0.717) is 17.6 Å². The lowest BCUT2D eigenvalue weighted by molar-refractivity contribution is 0.257. The van der Waals surface area contributed by atoms with Crippen LogP contribution in [-0.2, 0) is 10.0 Å². The van der Waals surface area contributed by atoms with Gasteiger partial charge >= 0.3 is 0 Å². The molecule has 1 atom stereocenters. The van der Waals surface area contributed by atoms with E-state index in [2.05, 4.69) is 20.8 Å². The van der Waals surface area contributed by atoms with Crippen molar-refractivity contribution in [2.45, 2.75) is 30.2 Å². The number of benzene rings is 1. The van der Waals surface area contributed by atoms with Gasteiger partial charge in [-0.15, -0.1) is 0 Å². The molecule has 2 aliphatic rings. The monoisotopic (exact) mass is 376 g/mol. The van der Waals surface area contributed by atoms with Gasteiger partial charge in [0.15, 0.2) is 0 Å². The van der Waals surface area contributed by atoms with E-state index in [4.69, 9.17) is 0 Å². The molecule has 1 aromatic rings. The fourth-order valence-electron chi connectivity index (χ4n) is 3.21. The Morgan fingerprint density at radius 1 is 1.19 bits per heavy atom. The van der Waals surface area contributed by atoms with E-state index in [-0.39, 0.29) is 10.9 Å². The van der Waals surface area contributed by atoms with E-state index in [1.807, 2.05) is 0 Å². The van der Waals surface area contributed by atoms with Crippen molar-refractivity contribution < 1.29 is 12.8 Å². The first kappa shape index (κ1) is 15.4. The summed E-state index contributed by atoms with van der Waals surface area (Å²) in [5.74, 6) is -0.697. The SMILES string of the molecule is O=S(=O)(c1ccc(Br)cc1F)N1CCCN2CCCC2C1. The largest absolute Gasteiger partial charge is 0.299 e. The third-order valence-electron chi connectivity index (χ3n) is 4.28. The van der Waals surface area contributed by atoms with Crippen LogP contribution in [0, 0.1) is 5.82 Å². The van der Waals surface area contributed by atoms with Crippen LogP contribution < -0.4 is 0 Å². The molecule has 2 fully saturated rings. The topological polar surface area (TPSA) is 40.6 Å². The second-order valence-electron chi connectivity index (χ2n) is 5.62. The van der Waals surface area contributed by atoms with Gasteiger partial charge in [-0.05, 0) is 50.6 Å². The van der Waals surface area contributed by atoms with E-state index in [1.165, 1.54) is 16.4 Å². The highest BCUT2D eigenvalue weighted by atomic mass is 79.9. The smallest absolute Gasteiger partial charge is 0.246 e. The van der Waals surface area contributed by atoms with Gasteiger partial charge in [0.1, 0.15) is 10.7 Å². The molecule has 3 rings (SSSR count). The molecule has 0 amide bonds. The molecule has 116 valence electrons. The van der Waals surface area contributed by atoms with Crippen molar-refractivity contribution in [1.29, 1.82) is 0 Å². The molecule has 0 bridgehead atoms. The maximum Gasteiger partial charge on any atom is 0.246 e. The van der Waals surface area contributed by atoms with Crippen LogP contribution in [0.25, 0.3) is 0 Å². The summed E-state index contributed by atoms with van der Waals surface area (Å²) in [4.78, 5) is 2.13. The molecule has 0 saturated carbocycles. The molecule has 21 heavy (non-hydrogen) atoms. The van der Waals surface area contributed by atoms with Gasteiger partial charge in [-0.3, -0.25) is 4.90 Å². The summed E-state index contributed by atoms with van der Waals surface area (Å²) in [5.41, 5.74) is 0. The molecular weight excluding hydrogens is 359 g/mol. The van der Waals surface area contributed by atoms with Crippen molar-refractivity contribution in [2.75, 3.05) is 26.2 Å². The molecule has 2 saturated heterocycles. The Morgan fingerprint density at radius 2 is 1.95 bits per heavy atom. The van der Waals surface area contributed by atoms with Crippen LogP contribution in [0.4, 0.5) is 4.39 Å². The van der Waals surface area contributed by atoms with Crippen LogP contribution in [0.2, 0.25) is 0 Å². The molecular formula is C14H18BrFN2O2S. The number of nitrogens with zero attached hydrogens (tertiary/aromatic N) is 2. The minimum atomic E-state index is -3.76. The summed E-state index contributed by atoms with van der Waals surface area (Å²) in [7, 11) is -3.76. The molecule has 4 nitrogen and oxygen atoms in total. The second-order valence-corrected chi connectivity index (χ2v) is 8.45. The van der Waals surface area contributed by atoms with E-state index in [9.17, 15) is 12.8 Å². The highest BCUT2D eigenvalue weighted by Gasteiger charge is 2.35. The van der Waals surface area contributed by atoms with Crippen molar-refractivity contribution in [2.24, 2.45) is 0 Å². The van der Waals surface area contributed by atoms with E-state index < -0.39 is 15.8 Å². The molecule has 7 heteroatoms. The van der Waals surface area contributed by atoms with Crippen LogP contribution in [0.15, 0.2) is 27.6 Å². The molecule has 0 radical (unpaired) electrons. The fourth-order valence-corrected chi connectivity index (χ4v) is 5.11. The maximum atomic E-state index is 14.0. The van der Waals surface area contributed by atoms with Crippen molar-refractivity contribution in [1.82, 2.24) is 9.21 Å². The number of hydrogen-bond donors (Lipinski definition) is 0. The van der Waals surface area contributed by atoms with Gasteiger partial charge in [-0.1, -0.05) is 15.9 Å². The van der Waals surface area contributed by atoms with Crippen LogP contribution in [0.3, 0.4) is 0 Å². The zero-order valence-corrected chi connectivity index (χ0v) is 14.0. The Balaban J connectivity index is 1.90. The normalized spacial score (nSPS) is 24.8. The molecule has 0 aliphatic carbocycles. The first-order valence-corrected chi connectivity index (χ1v) is 9.41. The van der Waals surface area contributed by atoms with Gasteiger partial charge in [0.2, 0.25) is 10.0 Å². The fraction of sp³-hybridized carbons (Fsp3) is 0.571. The summed E-state index contributed by atoms with van der Waals surface area (Å²) >= 11 is 3.15. The Bertz CT molecular complexity index is 638. The van der Waals surface area contributed by atoms with Crippen LogP contribution in [0.5, 0.6) is 0 Å². The summed E-state index contributed by atoms with van der Waals surface area (Å²) in [6.07, 6.45) is 2.94. The Hall–Kier alpha value is -0.500. The van der Waals surface area contributed by atoms with Crippen LogP contribution >= 0.6 is 15.9 Å². The average molecular weight is 377 g/mol. The highest BCUT2D eigenvalue weighted by molar-refractivity contribution is 9.10. The van der Waals surface area contributed by atoms with Crippen molar-refractivity contribution in [3.8, 4) is 0 Å². The maximum absolute atomic E-state index is 14.0. The summed E-state index contributed by atoms with van der Waals surface area (Å²) in [6.45, 7) is 2.91. The molecule has 2 heterocycles. The third kappa shape index (κ3) is 3.02.